The van der Waals surface area contributed by atoms with Crippen molar-refractivity contribution in [2.45, 2.75) is 276 Å². The van der Waals surface area contributed by atoms with Gasteiger partial charge in [-0.15, -0.1) is 0 Å². The Balaban J connectivity index is 2.71. The lowest BCUT2D eigenvalue weighted by Gasteiger charge is -2.40. The Morgan fingerprint density at radius 3 is 1.21 bits per heavy atom. The number of carboxylic acid groups (broad SMARTS) is 1. The molecule has 3 N–H and O–H groups in total. The SMILES string of the molecule is CC/C=C\C/C=C\C/C=C\C/C=C\CCCCCCCCC(=O)OCC(COC1OC(C(=O)O)C(O)C(O)C1OC(=O)CCCCCCCCC/C=C\C/C=C\CCCCC)OC(=O)CCCC/C=C\C/C=C\C/C=C\C/C=C\CC. The first-order valence-electron chi connectivity index (χ1n) is 31.5. The molecule has 0 aromatic carbocycles. The van der Waals surface area contributed by atoms with Crippen molar-refractivity contribution in [1.82, 2.24) is 0 Å². The Hall–Kier alpha value is -4.88. The third-order valence-electron chi connectivity index (χ3n) is 13.5. The number of carboxylic acids is 1. The zero-order valence-electron chi connectivity index (χ0n) is 50.5. The Morgan fingerprint density at radius 1 is 0.420 bits per heavy atom. The van der Waals surface area contributed by atoms with Gasteiger partial charge in [0, 0.05) is 19.3 Å². The quantitative estimate of drug-likeness (QED) is 0.0228. The summed E-state index contributed by atoms with van der Waals surface area (Å²) in [5.41, 5.74) is 0. The summed E-state index contributed by atoms with van der Waals surface area (Å²) in [6.07, 6.45) is 64.4. The number of allylic oxidation sites excluding steroid dienone is 20. The molecule has 81 heavy (non-hydrogen) atoms. The van der Waals surface area contributed by atoms with Crippen molar-refractivity contribution in [2.24, 2.45) is 0 Å². The first-order chi connectivity index (χ1) is 39.6. The van der Waals surface area contributed by atoms with Crippen molar-refractivity contribution in [3.63, 3.8) is 0 Å². The van der Waals surface area contributed by atoms with Crippen LogP contribution < -0.4 is 0 Å². The second kappa shape index (κ2) is 55.6. The van der Waals surface area contributed by atoms with E-state index in [0.717, 1.165) is 161 Å². The first-order valence-corrected chi connectivity index (χ1v) is 31.5. The molecule has 1 aliphatic heterocycles. The van der Waals surface area contributed by atoms with Crippen molar-refractivity contribution in [1.29, 1.82) is 0 Å². The lowest BCUT2D eigenvalue weighted by atomic mass is 9.98. The maximum absolute atomic E-state index is 13.2. The lowest BCUT2D eigenvalue weighted by Crippen LogP contribution is -2.61. The summed E-state index contributed by atoms with van der Waals surface area (Å²) in [6, 6.07) is 0. The summed E-state index contributed by atoms with van der Waals surface area (Å²) in [6.45, 7) is 5.69. The summed E-state index contributed by atoms with van der Waals surface area (Å²) in [5, 5.41) is 31.6. The third kappa shape index (κ3) is 45.3. The summed E-state index contributed by atoms with van der Waals surface area (Å²) in [7, 11) is 0. The van der Waals surface area contributed by atoms with Gasteiger partial charge in [-0.2, -0.15) is 0 Å². The highest BCUT2D eigenvalue weighted by atomic mass is 16.7. The standard InChI is InChI=1S/C69H110O12/c1-4-7-10-13-16-19-22-25-28-30-31-33-35-37-40-43-46-49-52-55-61(70)77-58-60(79-62(71)56-53-50-47-44-41-38-34-27-24-21-18-15-12-9-6-3)59-78-69-67(65(74)64(73)66(81-69)68(75)76)80-63(72)57-54-51-48-45-42-39-36-32-29-26-23-20-17-14-11-8-5-2/h7,9-10,12,16-21,25-29,31,33-34,41,44,60,64-67,69,73-74H,4-6,8,11,13-15,22-24,30,32,35-40,42-43,45-59H2,1-3H3,(H,75,76)/b10-7-,12-9-,19-16-,20-17-,21-18-,28-25-,29-26-,33-31-,34-27-,44-41-. The predicted molar refractivity (Wildman–Crippen MR) is 330 cm³/mol. The van der Waals surface area contributed by atoms with Gasteiger partial charge in [-0.25, -0.2) is 4.79 Å². The fraction of sp³-hybridized carbons (Fsp3) is 0.652. The van der Waals surface area contributed by atoms with E-state index in [1.165, 1.54) is 19.3 Å². The van der Waals surface area contributed by atoms with Crippen LogP contribution in [0.25, 0.3) is 0 Å². The van der Waals surface area contributed by atoms with Crippen molar-refractivity contribution < 1.29 is 58.2 Å². The first kappa shape index (κ1) is 74.1. The highest BCUT2D eigenvalue weighted by Gasteiger charge is 2.50. The number of aliphatic hydroxyl groups is 2. The highest BCUT2D eigenvalue weighted by Crippen LogP contribution is 2.26. The van der Waals surface area contributed by atoms with E-state index < -0.39 is 67.3 Å². The number of aliphatic carboxylic acids is 1. The van der Waals surface area contributed by atoms with Crippen molar-refractivity contribution in [2.75, 3.05) is 13.2 Å². The second-order valence-corrected chi connectivity index (χ2v) is 20.9. The van der Waals surface area contributed by atoms with Gasteiger partial charge in [0.25, 0.3) is 0 Å². The molecule has 0 aromatic rings. The van der Waals surface area contributed by atoms with Gasteiger partial charge in [-0.05, 0) is 128 Å². The maximum Gasteiger partial charge on any atom is 0.335 e. The van der Waals surface area contributed by atoms with Crippen LogP contribution in [0.1, 0.15) is 239 Å². The Morgan fingerprint density at radius 2 is 0.778 bits per heavy atom. The number of ether oxygens (including phenoxy) is 5. The summed E-state index contributed by atoms with van der Waals surface area (Å²) in [4.78, 5) is 51.3. The molecule has 458 valence electrons. The molecule has 1 rings (SSSR count). The fourth-order valence-corrected chi connectivity index (χ4v) is 8.73. The molecule has 0 bridgehead atoms. The topological polar surface area (TPSA) is 175 Å². The van der Waals surface area contributed by atoms with Crippen molar-refractivity contribution in [3.8, 4) is 0 Å². The van der Waals surface area contributed by atoms with Crippen LogP contribution in [0.5, 0.6) is 0 Å². The third-order valence-corrected chi connectivity index (χ3v) is 13.5. The Labute approximate surface area is 490 Å². The average Bonchev–Trinajstić information content (AvgIpc) is 3.53. The van der Waals surface area contributed by atoms with Crippen LogP contribution in [0.4, 0.5) is 0 Å². The summed E-state index contributed by atoms with van der Waals surface area (Å²) >= 11 is 0. The molecule has 1 aliphatic rings. The van der Waals surface area contributed by atoms with Crippen molar-refractivity contribution in [3.05, 3.63) is 122 Å². The van der Waals surface area contributed by atoms with Gasteiger partial charge >= 0.3 is 23.9 Å². The number of hydrogen-bond donors (Lipinski definition) is 3. The van der Waals surface area contributed by atoms with Crippen molar-refractivity contribution >= 4 is 23.9 Å². The molecule has 0 aliphatic carbocycles. The summed E-state index contributed by atoms with van der Waals surface area (Å²) in [5.74, 6) is -3.22. The zero-order valence-corrected chi connectivity index (χ0v) is 50.5. The van der Waals surface area contributed by atoms with Crippen LogP contribution in [-0.4, -0.2) is 89.2 Å². The molecule has 12 nitrogen and oxygen atoms in total. The molecule has 12 heteroatoms. The van der Waals surface area contributed by atoms with E-state index in [1.807, 2.05) is 0 Å². The number of esters is 3. The molecule has 6 atom stereocenters. The monoisotopic (exact) mass is 1130 g/mol. The normalized spacial score (nSPS) is 18.6. The van der Waals surface area contributed by atoms with E-state index >= 15 is 0 Å². The predicted octanol–water partition coefficient (Wildman–Crippen LogP) is 16.8. The Kier molecular flexibility index (Phi) is 50.9. The van der Waals surface area contributed by atoms with Crippen LogP contribution in [0.3, 0.4) is 0 Å². The molecule has 1 fully saturated rings. The number of aliphatic hydroxyl groups excluding tert-OH is 2. The van der Waals surface area contributed by atoms with E-state index in [9.17, 15) is 34.5 Å². The van der Waals surface area contributed by atoms with Crippen LogP contribution in [0.2, 0.25) is 0 Å². The van der Waals surface area contributed by atoms with E-state index in [2.05, 4.69) is 142 Å². The lowest BCUT2D eigenvalue weighted by molar-refractivity contribution is -0.301. The molecule has 0 saturated carbocycles. The van der Waals surface area contributed by atoms with Gasteiger partial charge in [0.1, 0.15) is 18.8 Å². The molecule has 0 amide bonds. The average molecular weight is 1130 g/mol. The van der Waals surface area contributed by atoms with Crippen LogP contribution in [-0.2, 0) is 42.9 Å². The molecule has 6 unspecified atom stereocenters. The van der Waals surface area contributed by atoms with Crippen LogP contribution in [0, 0.1) is 0 Å². The summed E-state index contributed by atoms with van der Waals surface area (Å²) < 4.78 is 28.4. The number of carbonyl (C=O) groups is 4. The largest absolute Gasteiger partial charge is 0.479 e. The number of unbranched alkanes of at least 4 members (excludes halogenated alkanes) is 18. The van der Waals surface area contributed by atoms with Crippen LogP contribution in [0.15, 0.2) is 122 Å². The second-order valence-electron chi connectivity index (χ2n) is 20.9. The molecule has 0 radical (unpaired) electrons. The van der Waals surface area contributed by atoms with E-state index in [0.29, 0.717) is 19.3 Å². The number of carbonyl (C=O) groups excluding carboxylic acids is 3. The Bertz CT molecular complexity index is 1870. The minimum absolute atomic E-state index is 0.0391. The van der Waals surface area contributed by atoms with Gasteiger partial charge < -0.3 is 39.0 Å². The minimum atomic E-state index is -1.92. The van der Waals surface area contributed by atoms with Gasteiger partial charge in [-0.1, -0.05) is 213 Å². The molecule has 1 heterocycles. The van der Waals surface area contributed by atoms with Gasteiger partial charge in [-0.3, -0.25) is 14.4 Å². The zero-order chi connectivity index (χ0) is 58.9. The molecule has 0 spiro atoms. The molecular weight excluding hydrogens is 1020 g/mol. The number of hydrogen-bond acceptors (Lipinski definition) is 11. The molecule has 1 saturated heterocycles. The number of rotatable bonds is 52. The smallest absolute Gasteiger partial charge is 0.335 e. The van der Waals surface area contributed by atoms with Gasteiger partial charge in [0.2, 0.25) is 0 Å². The van der Waals surface area contributed by atoms with Gasteiger partial charge in [0.15, 0.2) is 24.6 Å². The highest BCUT2D eigenvalue weighted by molar-refractivity contribution is 5.74. The van der Waals surface area contributed by atoms with E-state index in [4.69, 9.17) is 23.7 Å². The fourth-order valence-electron chi connectivity index (χ4n) is 8.73. The van der Waals surface area contributed by atoms with Crippen LogP contribution >= 0.6 is 0 Å². The minimum Gasteiger partial charge on any atom is -0.479 e. The van der Waals surface area contributed by atoms with Gasteiger partial charge in [0.05, 0.1) is 6.61 Å². The van der Waals surface area contributed by atoms with E-state index in [1.54, 1.807) is 0 Å². The molecular formula is C69H110O12. The van der Waals surface area contributed by atoms with E-state index in [-0.39, 0.29) is 25.9 Å². The maximum atomic E-state index is 13.2. The molecule has 0 aromatic heterocycles.